The van der Waals surface area contributed by atoms with Crippen LogP contribution in [0.15, 0.2) is 47.4 Å². The first-order valence-electron chi connectivity index (χ1n) is 8.39. The van der Waals surface area contributed by atoms with E-state index in [1.165, 1.54) is 28.9 Å². The molecule has 2 amide bonds. The molecule has 3 rings (SSSR count). The summed E-state index contributed by atoms with van der Waals surface area (Å²) >= 11 is 1.55. The van der Waals surface area contributed by atoms with E-state index < -0.39 is 0 Å². The van der Waals surface area contributed by atoms with E-state index in [1.54, 1.807) is 50.1 Å². The van der Waals surface area contributed by atoms with Gasteiger partial charge in [-0.1, -0.05) is 6.07 Å². The van der Waals surface area contributed by atoms with Gasteiger partial charge in [0.05, 0.1) is 5.75 Å². The van der Waals surface area contributed by atoms with E-state index in [-0.39, 0.29) is 11.8 Å². The van der Waals surface area contributed by atoms with Crippen molar-refractivity contribution >= 4 is 29.3 Å². The van der Waals surface area contributed by atoms with E-state index in [1.807, 2.05) is 0 Å². The molecule has 5 heteroatoms. The van der Waals surface area contributed by atoms with Gasteiger partial charge in [0.1, 0.15) is 0 Å². The molecule has 2 aromatic carbocycles. The highest BCUT2D eigenvalue weighted by atomic mass is 32.2. The van der Waals surface area contributed by atoms with Crippen LogP contribution in [0.5, 0.6) is 0 Å². The summed E-state index contributed by atoms with van der Waals surface area (Å²) in [5, 5.41) is 2.88. The fourth-order valence-corrected chi connectivity index (χ4v) is 3.70. The predicted molar refractivity (Wildman–Crippen MR) is 102 cm³/mol. The standard InChI is InChI=1S/C20H22N2O2S/c1-22(2)20(24)15-6-9-17(10-7-15)21-19(23)13-25-18-11-8-14-4-3-5-16(14)12-18/h6-12H,3-5,13H2,1-2H3,(H,21,23). The normalized spacial score (nSPS) is 12.6. The van der Waals surface area contributed by atoms with E-state index in [0.717, 1.165) is 11.3 Å². The zero-order chi connectivity index (χ0) is 17.8. The molecule has 0 unspecified atom stereocenters. The molecule has 0 bridgehead atoms. The van der Waals surface area contributed by atoms with Crippen molar-refractivity contribution in [1.82, 2.24) is 4.90 Å². The van der Waals surface area contributed by atoms with Crippen LogP contribution in [0, 0.1) is 0 Å². The van der Waals surface area contributed by atoms with Crippen LogP contribution in [-0.4, -0.2) is 36.6 Å². The molecule has 0 radical (unpaired) electrons. The Kier molecular flexibility index (Phi) is 5.43. The minimum atomic E-state index is -0.0509. The second kappa shape index (κ2) is 7.74. The largest absolute Gasteiger partial charge is 0.345 e. The Morgan fingerprint density at radius 3 is 2.48 bits per heavy atom. The Labute approximate surface area is 152 Å². The quantitative estimate of drug-likeness (QED) is 0.835. The Morgan fingerprint density at radius 1 is 1.04 bits per heavy atom. The zero-order valence-corrected chi connectivity index (χ0v) is 15.4. The summed E-state index contributed by atoms with van der Waals surface area (Å²) in [7, 11) is 3.43. The number of amides is 2. The molecule has 2 aromatic rings. The maximum Gasteiger partial charge on any atom is 0.253 e. The third-order valence-electron chi connectivity index (χ3n) is 4.26. The number of thioether (sulfide) groups is 1. The number of anilines is 1. The fraction of sp³-hybridized carbons (Fsp3) is 0.300. The number of nitrogens with one attached hydrogen (secondary N) is 1. The second-order valence-corrected chi connectivity index (χ2v) is 7.45. The highest BCUT2D eigenvalue weighted by Gasteiger charge is 2.12. The number of hydrogen-bond acceptors (Lipinski definition) is 3. The van der Waals surface area contributed by atoms with Crippen molar-refractivity contribution in [1.29, 1.82) is 0 Å². The molecular formula is C20H22N2O2S. The molecule has 130 valence electrons. The molecule has 1 N–H and O–H groups in total. The van der Waals surface area contributed by atoms with Crippen LogP contribution in [0.25, 0.3) is 0 Å². The van der Waals surface area contributed by atoms with Gasteiger partial charge in [0.15, 0.2) is 0 Å². The van der Waals surface area contributed by atoms with Gasteiger partial charge in [-0.3, -0.25) is 9.59 Å². The lowest BCUT2D eigenvalue weighted by Crippen LogP contribution is -2.21. The minimum Gasteiger partial charge on any atom is -0.345 e. The summed E-state index contributed by atoms with van der Waals surface area (Å²) < 4.78 is 0. The number of carbonyl (C=O) groups is 2. The fourth-order valence-electron chi connectivity index (χ4n) is 2.94. The van der Waals surface area contributed by atoms with Crippen LogP contribution in [0.4, 0.5) is 5.69 Å². The maximum atomic E-state index is 12.1. The van der Waals surface area contributed by atoms with E-state index in [0.29, 0.717) is 17.0 Å². The molecule has 0 aliphatic heterocycles. The molecule has 0 atom stereocenters. The lowest BCUT2D eigenvalue weighted by Gasteiger charge is -2.11. The molecule has 0 aromatic heterocycles. The van der Waals surface area contributed by atoms with E-state index in [4.69, 9.17) is 0 Å². The second-order valence-electron chi connectivity index (χ2n) is 6.40. The van der Waals surface area contributed by atoms with Crippen molar-refractivity contribution in [3.63, 3.8) is 0 Å². The molecule has 0 fully saturated rings. The van der Waals surface area contributed by atoms with Gasteiger partial charge in [0.25, 0.3) is 5.91 Å². The van der Waals surface area contributed by atoms with E-state index in [9.17, 15) is 9.59 Å². The maximum absolute atomic E-state index is 12.1. The lowest BCUT2D eigenvalue weighted by molar-refractivity contribution is -0.113. The van der Waals surface area contributed by atoms with Crippen LogP contribution in [0.1, 0.15) is 27.9 Å². The predicted octanol–water partition coefficient (Wildman–Crippen LogP) is 3.61. The molecule has 0 heterocycles. The van der Waals surface area contributed by atoms with Crippen molar-refractivity contribution in [2.75, 3.05) is 25.2 Å². The van der Waals surface area contributed by atoms with Gasteiger partial charge >= 0.3 is 0 Å². The van der Waals surface area contributed by atoms with Crippen LogP contribution < -0.4 is 5.32 Å². The molecule has 0 spiro atoms. The van der Waals surface area contributed by atoms with Gasteiger partial charge in [0.2, 0.25) is 5.91 Å². The first-order valence-corrected chi connectivity index (χ1v) is 9.37. The topological polar surface area (TPSA) is 49.4 Å². The van der Waals surface area contributed by atoms with Gasteiger partial charge < -0.3 is 10.2 Å². The summed E-state index contributed by atoms with van der Waals surface area (Å²) in [6, 6.07) is 13.5. The molecule has 0 saturated carbocycles. The SMILES string of the molecule is CN(C)C(=O)c1ccc(NC(=O)CSc2ccc3c(c2)CCC3)cc1. The molecule has 1 aliphatic carbocycles. The summed E-state index contributed by atoms with van der Waals surface area (Å²) in [5.41, 5.74) is 4.18. The number of hydrogen-bond donors (Lipinski definition) is 1. The summed E-state index contributed by atoms with van der Waals surface area (Å²) in [5.74, 6) is 0.277. The van der Waals surface area contributed by atoms with Gasteiger partial charge in [0, 0.05) is 30.2 Å². The van der Waals surface area contributed by atoms with E-state index >= 15 is 0 Å². The van der Waals surface area contributed by atoms with Crippen LogP contribution in [-0.2, 0) is 17.6 Å². The summed E-state index contributed by atoms with van der Waals surface area (Å²) in [4.78, 5) is 26.7. The van der Waals surface area contributed by atoms with Gasteiger partial charge in [-0.15, -0.1) is 11.8 Å². The monoisotopic (exact) mass is 354 g/mol. The zero-order valence-electron chi connectivity index (χ0n) is 14.5. The molecular weight excluding hydrogens is 332 g/mol. The summed E-state index contributed by atoms with van der Waals surface area (Å²) in [6.07, 6.45) is 3.55. The number of carbonyl (C=O) groups excluding carboxylic acids is 2. The van der Waals surface area contributed by atoms with Crippen molar-refractivity contribution in [3.8, 4) is 0 Å². The number of aryl methyl sites for hydroxylation is 2. The van der Waals surface area contributed by atoms with Gasteiger partial charge in [-0.05, 0) is 66.8 Å². The Bertz CT molecular complexity index is 785. The van der Waals surface area contributed by atoms with E-state index in [2.05, 4.69) is 23.5 Å². The Morgan fingerprint density at radius 2 is 1.76 bits per heavy atom. The van der Waals surface area contributed by atoms with Crippen molar-refractivity contribution in [3.05, 3.63) is 59.2 Å². The Balaban J connectivity index is 1.53. The highest BCUT2D eigenvalue weighted by molar-refractivity contribution is 8.00. The molecule has 25 heavy (non-hydrogen) atoms. The average molecular weight is 354 g/mol. The van der Waals surface area contributed by atoms with Crippen molar-refractivity contribution < 1.29 is 9.59 Å². The number of fused-ring (bicyclic) bond motifs is 1. The molecule has 4 nitrogen and oxygen atoms in total. The number of benzene rings is 2. The van der Waals surface area contributed by atoms with Crippen LogP contribution in [0.2, 0.25) is 0 Å². The first-order chi connectivity index (χ1) is 12.0. The van der Waals surface area contributed by atoms with Crippen LogP contribution in [0.3, 0.4) is 0 Å². The van der Waals surface area contributed by atoms with Crippen LogP contribution >= 0.6 is 11.8 Å². The first kappa shape index (κ1) is 17.5. The van der Waals surface area contributed by atoms with Crippen molar-refractivity contribution in [2.24, 2.45) is 0 Å². The molecule has 0 saturated heterocycles. The number of nitrogens with zero attached hydrogens (tertiary/aromatic N) is 1. The Hall–Kier alpha value is -2.27. The third-order valence-corrected chi connectivity index (χ3v) is 5.26. The number of rotatable bonds is 5. The third kappa shape index (κ3) is 4.42. The van der Waals surface area contributed by atoms with Gasteiger partial charge in [-0.25, -0.2) is 0 Å². The smallest absolute Gasteiger partial charge is 0.253 e. The minimum absolute atomic E-state index is 0.0443. The molecule has 1 aliphatic rings. The average Bonchev–Trinajstić information content (AvgIpc) is 3.07. The lowest BCUT2D eigenvalue weighted by atomic mass is 10.1. The highest BCUT2D eigenvalue weighted by Crippen LogP contribution is 2.27. The van der Waals surface area contributed by atoms with Crippen molar-refractivity contribution in [2.45, 2.75) is 24.2 Å². The van der Waals surface area contributed by atoms with Gasteiger partial charge in [-0.2, -0.15) is 0 Å². The summed E-state index contributed by atoms with van der Waals surface area (Å²) in [6.45, 7) is 0.